The Balaban J connectivity index is 1.49. The molecule has 1 aliphatic rings. The highest BCUT2D eigenvalue weighted by Crippen LogP contribution is 2.37. The van der Waals surface area contributed by atoms with Crippen LogP contribution >= 0.6 is 43.6 Å². The summed E-state index contributed by atoms with van der Waals surface area (Å²) in [7, 11) is 0. The molecule has 1 fully saturated rings. The Morgan fingerprint density at radius 3 is 2.45 bits per heavy atom. The second-order valence-electron chi connectivity index (χ2n) is 7.23. The molecule has 3 aromatic rings. The molecule has 1 aliphatic heterocycles. The van der Waals surface area contributed by atoms with E-state index in [1.54, 1.807) is 18.2 Å². The number of carbonyl (C=O) groups excluding carboxylic acids is 1. The molecule has 3 aromatic carbocycles. The number of rotatable bonds is 6. The van der Waals surface area contributed by atoms with Crippen LogP contribution in [-0.2, 0) is 17.8 Å². The molecule has 0 atom stereocenters. The summed E-state index contributed by atoms with van der Waals surface area (Å²) in [6.45, 7) is 2.33. The predicted octanol–water partition coefficient (Wildman–Crippen LogP) is 7.38. The van der Waals surface area contributed by atoms with E-state index in [0.717, 1.165) is 23.2 Å². The highest BCUT2D eigenvalue weighted by Gasteiger charge is 2.24. The molecule has 0 saturated carbocycles. The second-order valence-corrected chi connectivity index (χ2v) is 9.97. The Hall–Kier alpha value is -2.42. The highest BCUT2D eigenvalue weighted by molar-refractivity contribution is 9.11. The Morgan fingerprint density at radius 2 is 1.79 bits per heavy atom. The molecule has 0 spiro atoms. The fourth-order valence-corrected chi connectivity index (χ4v) is 5.43. The van der Waals surface area contributed by atoms with E-state index in [1.807, 2.05) is 36.4 Å². The fourth-order valence-electron chi connectivity index (χ4n) is 3.14. The van der Waals surface area contributed by atoms with Crippen LogP contribution in [0.3, 0.4) is 0 Å². The Kier molecular flexibility index (Phi) is 7.67. The summed E-state index contributed by atoms with van der Waals surface area (Å²) in [5.41, 5.74) is 3.58. The predicted molar refractivity (Wildman–Crippen MR) is 139 cm³/mol. The molecule has 33 heavy (non-hydrogen) atoms. The van der Waals surface area contributed by atoms with E-state index in [2.05, 4.69) is 49.1 Å². The van der Waals surface area contributed by atoms with Crippen LogP contribution in [0.2, 0.25) is 0 Å². The second kappa shape index (κ2) is 10.7. The van der Waals surface area contributed by atoms with Crippen molar-refractivity contribution in [3.8, 4) is 5.75 Å². The van der Waals surface area contributed by atoms with Gasteiger partial charge < -0.3 is 10.1 Å². The number of ether oxygens (including phenoxy) is 1. The van der Waals surface area contributed by atoms with Crippen LogP contribution in [0.25, 0.3) is 6.08 Å². The lowest BCUT2D eigenvalue weighted by molar-refractivity contribution is -0.115. The Bertz CT molecular complexity index is 1240. The Labute approximate surface area is 212 Å². The van der Waals surface area contributed by atoms with Gasteiger partial charge in [0.2, 0.25) is 0 Å². The van der Waals surface area contributed by atoms with E-state index in [0.29, 0.717) is 24.8 Å². The van der Waals surface area contributed by atoms with Crippen LogP contribution in [0.5, 0.6) is 5.75 Å². The molecule has 0 aliphatic carbocycles. The minimum atomic E-state index is -0.301. The van der Waals surface area contributed by atoms with Gasteiger partial charge in [-0.05, 0) is 109 Å². The molecule has 1 saturated heterocycles. The van der Waals surface area contributed by atoms with Gasteiger partial charge in [0.25, 0.3) is 5.91 Å². The topological polar surface area (TPSA) is 50.7 Å². The number of amides is 1. The van der Waals surface area contributed by atoms with Crippen molar-refractivity contribution < 1.29 is 13.9 Å². The molecule has 1 N–H and O–H groups in total. The summed E-state index contributed by atoms with van der Waals surface area (Å²) < 4.78 is 20.7. The van der Waals surface area contributed by atoms with Gasteiger partial charge in [-0.25, -0.2) is 9.38 Å². The lowest BCUT2D eigenvalue weighted by atomic mass is 10.2. The maximum Gasteiger partial charge on any atom is 0.264 e. The molecule has 0 unspecified atom stereocenters. The first-order valence-corrected chi connectivity index (χ1v) is 12.6. The highest BCUT2D eigenvalue weighted by atomic mass is 79.9. The van der Waals surface area contributed by atoms with Gasteiger partial charge in [-0.15, -0.1) is 0 Å². The smallest absolute Gasteiger partial charge is 0.264 e. The van der Waals surface area contributed by atoms with Crippen molar-refractivity contribution in [1.82, 2.24) is 5.32 Å². The van der Waals surface area contributed by atoms with Gasteiger partial charge in [0.1, 0.15) is 18.2 Å². The van der Waals surface area contributed by atoms with E-state index in [1.165, 1.54) is 29.5 Å². The minimum Gasteiger partial charge on any atom is -0.487 e. The number of nitrogens with one attached hydrogen (secondary N) is 1. The number of halogens is 3. The zero-order valence-electron chi connectivity index (χ0n) is 17.6. The molecular weight excluding hydrogens is 571 g/mol. The largest absolute Gasteiger partial charge is 0.487 e. The average molecular weight is 590 g/mol. The SMILES string of the molecule is CCc1ccc(N=C2NC(=O)/C(=C/c3cc(Br)c(OCc4cccc(F)c4)c(Br)c3)S2)cc1. The quantitative estimate of drug-likeness (QED) is 0.305. The third-order valence-electron chi connectivity index (χ3n) is 4.82. The summed E-state index contributed by atoms with van der Waals surface area (Å²) in [6.07, 6.45) is 2.77. The molecule has 1 amide bonds. The number of nitrogens with zero attached hydrogens (tertiary/aromatic N) is 1. The van der Waals surface area contributed by atoms with Gasteiger partial charge in [0, 0.05) is 0 Å². The van der Waals surface area contributed by atoms with Crippen molar-refractivity contribution in [2.75, 3.05) is 0 Å². The molecule has 4 rings (SSSR count). The average Bonchev–Trinajstić information content (AvgIpc) is 3.12. The third kappa shape index (κ3) is 6.13. The van der Waals surface area contributed by atoms with E-state index in [9.17, 15) is 9.18 Å². The van der Waals surface area contributed by atoms with Gasteiger partial charge in [0.05, 0.1) is 19.5 Å². The molecule has 4 nitrogen and oxygen atoms in total. The molecule has 0 bridgehead atoms. The number of hydrogen-bond acceptors (Lipinski definition) is 4. The van der Waals surface area contributed by atoms with Gasteiger partial charge in [-0.3, -0.25) is 4.79 Å². The van der Waals surface area contributed by atoms with Crippen LogP contribution in [-0.4, -0.2) is 11.1 Å². The molecule has 8 heteroatoms. The number of hydrogen-bond donors (Lipinski definition) is 1. The monoisotopic (exact) mass is 588 g/mol. The fraction of sp³-hybridized carbons (Fsp3) is 0.120. The summed E-state index contributed by atoms with van der Waals surface area (Å²) >= 11 is 8.35. The molecule has 168 valence electrons. The summed E-state index contributed by atoms with van der Waals surface area (Å²) in [6, 6.07) is 18.0. The number of benzene rings is 3. The van der Waals surface area contributed by atoms with Crippen LogP contribution in [0.4, 0.5) is 10.1 Å². The van der Waals surface area contributed by atoms with Crippen molar-refractivity contribution >= 4 is 66.5 Å². The van der Waals surface area contributed by atoms with E-state index in [4.69, 9.17) is 4.74 Å². The zero-order valence-corrected chi connectivity index (χ0v) is 21.6. The van der Waals surface area contributed by atoms with Crippen molar-refractivity contribution in [3.05, 3.63) is 97.0 Å². The van der Waals surface area contributed by atoms with Gasteiger partial charge >= 0.3 is 0 Å². The number of carbonyl (C=O) groups is 1. The number of aliphatic imine (C=N–C) groups is 1. The first-order valence-electron chi connectivity index (χ1n) is 10.2. The van der Waals surface area contributed by atoms with Crippen molar-refractivity contribution in [1.29, 1.82) is 0 Å². The summed E-state index contributed by atoms with van der Waals surface area (Å²) in [5, 5.41) is 3.36. The van der Waals surface area contributed by atoms with E-state index >= 15 is 0 Å². The lowest BCUT2D eigenvalue weighted by Crippen LogP contribution is -2.19. The first-order chi connectivity index (χ1) is 15.9. The number of aryl methyl sites for hydroxylation is 1. The molecule has 1 heterocycles. The van der Waals surface area contributed by atoms with Crippen LogP contribution in [0.1, 0.15) is 23.6 Å². The van der Waals surface area contributed by atoms with Crippen LogP contribution in [0, 0.1) is 5.82 Å². The minimum absolute atomic E-state index is 0.192. The molecule has 0 radical (unpaired) electrons. The van der Waals surface area contributed by atoms with Crippen LogP contribution in [0.15, 0.2) is 79.5 Å². The molecule has 0 aromatic heterocycles. The zero-order chi connectivity index (χ0) is 23.4. The van der Waals surface area contributed by atoms with E-state index < -0.39 is 0 Å². The van der Waals surface area contributed by atoms with Gasteiger partial charge in [-0.1, -0.05) is 31.2 Å². The standard InChI is InChI=1S/C25H19Br2FN2O2S/c1-2-15-6-8-19(9-7-15)29-25-30-24(31)22(33-25)13-17-11-20(26)23(21(27)12-17)32-14-16-4-3-5-18(28)10-16/h3-13H,2,14H2,1H3,(H,29,30,31)/b22-13-. The Morgan fingerprint density at radius 1 is 1.06 bits per heavy atom. The third-order valence-corrected chi connectivity index (χ3v) is 6.90. The van der Waals surface area contributed by atoms with Gasteiger partial charge in [-0.2, -0.15) is 0 Å². The normalized spacial score (nSPS) is 15.8. The number of amidine groups is 1. The summed E-state index contributed by atoms with van der Waals surface area (Å²) in [4.78, 5) is 17.5. The maximum absolute atomic E-state index is 13.4. The van der Waals surface area contributed by atoms with E-state index in [-0.39, 0.29) is 18.3 Å². The molecular formula is C25H19Br2FN2O2S. The summed E-state index contributed by atoms with van der Waals surface area (Å²) in [5.74, 6) is 0.106. The van der Waals surface area contributed by atoms with Crippen molar-refractivity contribution in [3.63, 3.8) is 0 Å². The first kappa shape index (κ1) is 23.7. The van der Waals surface area contributed by atoms with Crippen LogP contribution < -0.4 is 10.1 Å². The lowest BCUT2D eigenvalue weighted by Gasteiger charge is -2.11. The maximum atomic E-state index is 13.4. The number of thioether (sulfide) groups is 1. The van der Waals surface area contributed by atoms with Crippen molar-refractivity contribution in [2.45, 2.75) is 20.0 Å². The van der Waals surface area contributed by atoms with Crippen molar-refractivity contribution in [2.24, 2.45) is 4.99 Å². The van der Waals surface area contributed by atoms with Gasteiger partial charge in [0.15, 0.2) is 5.17 Å².